The zero-order chi connectivity index (χ0) is 14.4. The maximum absolute atomic E-state index is 12.0. The smallest absolute Gasteiger partial charge is 0.331 e. The predicted molar refractivity (Wildman–Crippen MR) is 76.0 cm³/mol. The summed E-state index contributed by atoms with van der Waals surface area (Å²) >= 11 is 0. The van der Waals surface area contributed by atoms with Crippen LogP contribution in [0.25, 0.3) is 0 Å². The van der Waals surface area contributed by atoms with E-state index in [1.54, 1.807) is 0 Å². The standard InChI is InChI=1S/C14H17N3O3/c15-7-9-17-13(18)6-8-16(14(17)19)10-11-20-12-4-2-1-3-5-12/h1-6,8H,7,9-11,15H2. The van der Waals surface area contributed by atoms with Gasteiger partial charge in [0, 0.05) is 25.4 Å². The van der Waals surface area contributed by atoms with Crippen molar-refractivity contribution < 1.29 is 4.74 Å². The molecule has 106 valence electrons. The van der Waals surface area contributed by atoms with Crippen molar-refractivity contribution in [2.24, 2.45) is 5.73 Å². The van der Waals surface area contributed by atoms with Crippen molar-refractivity contribution in [3.05, 3.63) is 63.4 Å². The summed E-state index contributed by atoms with van der Waals surface area (Å²) in [6, 6.07) is 10.7. The summed E-state index contributed by atoms with van der Waals surface area (Å²) in [5.41, 5.74) is 4.70. The molecule has 0 spiro atoms. The molecule has 0 aliphatic heterocycles. The van der Waals surface area contributed by atoms with Crippen molar-refractivity contribution >= 4 is 0 Å². The fourth-order valence-corrected chi connectivity index (χ4v) is 1.84. The Balaban J connectivity index is 2.05. The van der Waals surface area contributed by atoms with E-state index in [0.29, 0.717) is 13.2 Å². The highest BCUT2D eigenvalue weighted by molar-refractivity contribution is 5.20. The summed E-state index contributed by atoms with van der Waals surface area (Å²) in [5, 5.41) is 0. The molecule has 1 heterocycles. The van der Waals surface area contributed by atoms with Crippen molar-refractivity contribution in [3.8, 4) is 5.75 Å². The summed E-state index contributed by atoms with van der Waals surface area (Å²) in [6.07, 6.45) is 1.48. The number of benzene rings is 1. The molecule has 6 nitrogen and oxygen atoms in total. The van der Waals surface area contributed by atoms with Gasteiger partial charge in [-0.1, -0.05) is 18.2 Å². The minimum atomic E-state index is -0.361. The van der Waals surface area contributed by atoms with E-state index in [2.05, 4.69) is 0 Å². The lowest BCUT2D eigenvalue weighted by Crippen LogP contribution is -2.41. The Bertz CT molecular complexity index is 661. The Hall–Kier alpha value is -2.34. The molecule has 0 radical (unpaired) electrons. The van der Waals surface area contributed by atoms with Crippen LogP contribution in [0.15, 0.2) is 52.2 Å². The second-order valence-corrected chi connectivity index (χ2v) is 4.23. The molecular formula is C14H17N3O3. The molecule has 6 heteroatoms. The molecule has 0 bridgehead atoms. The first-order valence-corrected chi connectivity index (χ1v) is 6.40. The lowest BCUT2D eigenvalue weighted by Gasteiger charge is -2.10. The van der Waals surface area contributed by atoms with Crippen LogP contribution in [0, 0.1) is 0 Å². The highest BCUT2D eigenvalue weighted by Crippen LogP contribution is 2.07. The van der Waals surface area contributed by atoms with Crippen LogP contribution in [0.2, 0.25) is 0 Å². The number of ether oxygens (including phenoxy) is 1. The second kappa shape index (κ2) is 6.72. The van der Waals surface area contributed by atoms with Crippen LogP contribution in [0.1, 0.15) is 0 Å². The summed E-state index contributed by atoms with van der Waals surface area (Å²) in [7, 11) is 0. The number of para-hydroxylation sites is 1. The average molecular weight is 275 g/mol. The van der Waals surface area contributed by atoms with Crippen LogP contribution in [-0.2, 0) is 13.1 Å². The third-order valence-corrected chi connectivity index (χ3v) is 2.84. The van der Waals surface area contributed by atoms with Gasteiger partial charge in [-0.3, -0.25) is 13.9 Å². The van der Waals surface area contributed by atoms with Crippen molar-refractivity contribution in [1.82, 2.24) is 9.13 Å². The minimum absolute atomic E-state index is 0.220. The fourth-order valence-electron chi connectivity index (χ4n) is 1.84. The third-order valence-electron chi connectivity index (χ3n) is 2.84. The van der Waals surface area contributed by atoms with Crippen LogP contribution in [-0.4, -0.2) is 22.3 Å². The number of aromatic nitrogens is 2. The molecule has 0 unspecified atom stereocenters. The first-order chi connectivity index (χ1) is 9.72. The predicted octanol–water partition coefficient (Wildman–Crippen LogP) is 0.0477. The van der Waals surface area contributed by atoms with Crippen LogP contribution >= 0.6 is 0 Å². The summed E-state index contributed by atoms with van der Waals surface area (Å²) in [4.78, 5) is 23.6. The van der Waals surface area contributed by atoms with E-state index >= 15 is 0 Å². The molecule has 0 aliphatic carbocycles. The van der Waals surface area contributed by atoms with Gasteiger partial charge >= 0.3 is 5.69 Å². The van der Waals surface area contributed by atoms with Gasteiger partial charge in [0.05, 0.1) is 6.54 Å². The number of nitrogens with two attached hydrogens (primary N) is 1. The fraction of sp³-hybridized carbons (Fsp3) is 0.286. The number of nitrogens with zero attached hydrogens (tertiary/aromatic N) is 2. The molecule has 0 fully saturated rings. The third kappa shape index (κ3) is 3.36. The minimum Gasteiger partial charge on any atom is -0.492 e. The van der Waals surface area contributed by atoms with Gasteiger partial charge in [-0.25, -0.2) is 4.79 Å². The largest absolute Gasteiger partial charge is 0.492 e. The Labute approximate surface area is 116 Å². The molecule has 20 heavy (non-hydrogen) atoms. The van der Waals surface area contributed by atoms with Crippen molar-refractivity contribution in [2.45, 2.75) is 13.1 Å². The van der Waals surface area contributed by atoms with Crippen molar-refractivity contribution in [3.63, 3.8) is 0 Å². The molecule has 2 rings (SSSR count). The maximum atomic E-state index is 12.0. The van der Waals surface area contributed by atoms with E-state index < -0.39 is 0 Å². The molecule has 0 atom stereocenters. The van der Waals surface area contributed by atoms with Gasteiger partial charge in [0.2, 0.25) is 0 Å². The van der Waals surface area contributed by atoms with E-state index in [1.165, 1.54) is 16.8 Å². The van der Waals surface area contributed by atoms with E-state index in [-0.39, 0.29) is 24.3 Å². The summed E-state index contributed by atoms with van der Waals surface area (Å²) in [5.74, 6) is 0.746. The zero-order valence-electron chi connectivity index (χ0n) is 11.1. The van der Waals surface area contributed by atoms with Crippen LogP contribution in [0.4, 0.5) is 0 Å². The summed E-state index contributed by atoms with van der Waals surface area (Å²) < 4.78 is 8.10. The molecule has 2 aromatic rings. The Morgan fingerprint density at radius 2 is 1.80 bits per heavy atom. The van der Waals surface area contributed by atoms with Crippen LogP contribution in [0.3, 0.4) is 0 Å². The molecule has 2 N–H and O–H groups in total. The Kier molecular flexibility index (Phi) is 4.73. The molecule has 1 aromatic carbocycles. The van der Waals surface area contributed by atoms with Crippen LogP contribution in [0.5, 0.6) is 5.75 Å². The second-order valence-electron chi connectivity index (χ2n) is 4.23. The zero-order valence-corrected chi connectivity index (χ0v) is 11.1. The molecule has 0 aliphatic rings. The van der Waals surface area contributed by atoms with Crippen molar-refractivity contribution in [2.75, 3.05) is 13.2 Å². The molecule has 0 saturated carbocycles. The van der Waals surface area contributed by atoms with Crippen molar-refractivity contribution in [1.29, 1.82) is 0 Å². The number of hydrogen-bond acceptors (Lipinski definition) is 4. The first kappa shape index (κ1) is 14.1. The first-order valence-electron chi connectivity index (χ1n) is 6.40. The average Bonchev–Trinajstić information content (AvgIpc) is 2.47. The van der Waals surface area contributed by atoms with Gasteiger partial charge in [0.15, 0.2) is 0 Å². The molecule has 0 saturated heterocycles. The normalized spacial score (nSPS) is 10.4. The van der Waals surface area contributed by atoms with E-state index in [4.69, 9.17) is 10.5 Å². The van der Waals surface area contributed by atoms with E-state index in [1.807, 2.05) is 30.3 Å². The quantitative estimate of drug-likeness (QED) is 0.807. The Morgan fingerprint density at radius 1 is 1.05 bits per heavy atom. The highest BCUT2D eigenvalue weighted by Gasteiger charge is 2.04. The lowest BCUT2D eigenvalue weighted by molar-refractivity contribution is 0.293. The lowest BCUT2D eigenvalue weighted by atomic mass is 10.3. The molecule has 1 aromatic heterocycles. The monoisotopic (exact) mass is 275 g/mol. The van der Waals surface area contributed by atoms with Gasteiger partial charge in [0.1, 0.15) is 12.4 Å². The SMILES string of the molecule is NCCn1c(=O)ccn(CCOc2ccccc2)c1=O. The van der Waals surface area contributed by atoms with Gasteiger partial charge in [-0.15, -0.1) is 0 Å². The van der Waals surface area contributed by atoms with Gasteiger partial charge in [-0.2, -0.15) is 0 Å². The Morgan fingerprint density at radius 3 is 2.50 bits per heavy atom. The van der Waals surface area contributed by atoms with Gasteiger partial charge < -0.3 is 10.5 Å². The highest BCUT2D eigenvalue weighted by atomic mass is 16.5. The van der Waals surface area contributed by atoms with E-state index in [0.717, 1.165) is 10.3 Å². The van der Waals surface area contributed by atoms with E-state index in [9.17, 15) is 9.59 Å². The van der Waals surface area contributed by atoms with Gasteiger partial charge in [-0.05, 0) is 12.1 Å². The maximum Gasteiger partial charge on any atom is 0.331 e. The molecular weight excluding hydrogens is 258 g/mol. The molecule has 0 amide bonds. The van der Waals surface area contributed by atoms with Gasteiger partial charge in [0.25, 0.3) is 5.56 Å². The number of rotatable bonds is 6. The summed E-state index contributed by atoms with van der Waals surface area (Å²) in [6.45, 7) is 1.20. The van der Waals surface area contributed by atoms with Crippen LogP contribution < -0.4 is 21.7 Å². The topological polar surface area (TPSA) is 79.2 Å². The number of hydrogen-bond donors (Lipinski definition) is 1.